The number of methoxy groups -OCH3 is 2. The van der Waals surface area contributed by atoms with Gasteiger partial charge in [0.2, 0.25) is 5.95 Å². The molecule has 0 spiro atoms. The molecule has 2 heterocycles. The standard InChI is InChI=1S/C21H21N5O3/c1-13-17(20(27)25-14-8-5-4-6-9-14)18(26-21(24-13)22-12-23-26)15-10-7-11-16(28-2)19(15)29-3/h4-12,18H,1-3H3,(H,25,27)(H,22,23,24). The summed E-state index contributed by atoms with van der Waals surface area (Å²) in [6, 6.07) is 14.3. The van der Waals surface area contributed by atoms with Crippen molar-refractivity contribution in [2.75, 3.05) is 24.9 Å². The van der Waals surface area contributed by atoms with E-state index >= 15 is 0 Å². The van der Waals surface area contributed by atoms with Gasteiger partial charge in [0.05, 0.1) is 19.8 Å². The Labute approximate surface area is 168 Å². The third kappa shape index (κ3) is 3.29. The molecule has 0 fully saturated rings. The van der Waals surface area contributed by atoms with Crippen LogP contribution in [0.3, 0.4) is 0 Å². The second-order valence-electron chi connectivity index (χ2n) is 6.50. The van der Waals surface area contributed by atoms with Gasteiger partial charge in [0, 0.05) is 16.9 Å². The lowest BCUT2D eigenvalue weighted by Crippen LogP contribution is -2.31. The number of hydrogen-bond donors (Lipinski definition) is 2. The summed E-state index contributed by atoms with van der Waals surface area (Å²) in [5, 5.41) is 10.5. The number of allylic oxidation sites excluding steroid dienone is 1. The van der Waals surface area contributed by atoms with Crippen LogP contribution < -0.4 is 20.1 Å². The van der Waals surface area contributed by atoms with Crippen molar-refractivity contribution >= 4 is 17.5 Å². The van der Waals surface area contributed by atoms with Gasteiger partial charge in [-0.05, 0) is 25.1 Å². The number of fused-ring (bicyclic) bond motifs is 1. The van der Waals surface area contributed by atoms with E-state index in [1.165, 1.54) is 6.33 Å². The second-order valence-corrected chi connectivity index (χ2v) is 6.50. The highest BCUT2D eigenvalue weighted by molar-refractivity contribution is 6.06. The third-order valence-corrected chi connectivity index (χ3v) is 4.80. The van der Waals surface area contributed by atoms with Crippen LogP contribution in [0.15, 0.2) is 66.1 Å². The number of aromatic nitrogens is 3. The van der Waals surface area contributed by atoms with Crippen LogP contribution in [0.25, 0.3) is 0 Å². The van der Waals surface area contributed by atoms with Gasteiger partial charge < -0.3 is 20.1 Å². The second kappa shape index (κ2) is 7.67. The first kappa shape index (κ1) is 18.5. The average Bonchev–Trinajstić information content (AvgIpc) is 3.20. The molecule has 1 aliphatic rings. The number of amides is 1. The maximum Gasteiger partial charge on any atom is 0.255 e. The van der Waals surface area contributed by atoms with Crippen molar-refractivity contribution in [3.05, 3.63) is 71.7 Å². The molecule has 1 aliphatic heterocycles. The van der Waals surface area contributed by atoms with Crippen molar-refractivity contribution < 1.29 is 14.3 Å². The van der Waals surface area contributed by atoms with Gasteiger partial charge in [-0.15, -0.1) is 0 Å². The highest BCUT2D eigenvalue weighted by Crippen LogP contribution is 2.42. The molecule has 29 heavy (non-hydrogen) atoms. The number of ether oxygens (including phenoxy) is 2. The minimum atomic E-state index is -0.539. The Morgan fingerprint density at radius 2 is 1.90 bits per heavy atom. The van der Waals surface area contributed by atoms with Crippen molar-refractivity contribution in [3.8, 4) is 11.5 Å². The van der Waals surface area contributed by atoms with Crippen LogP contribution in [-0.4, -0.2) is 34.9 Å². The molecular formula is C21H21N5O3. The highest BCUT2D eigenvalue weighted by atomic mass is 16.5. The number of carbonyl (C=O) groups is 1. The van der Waals surface area contributed by atoms with E-state index in [4.69, 9.17) is 9.47 Å². The lowest BCUT2D eigenvalue weighted by molar-refractivity contribution is -0.113. The number of rotatable bonds is 5. The Hall–Kier alpha value is -3.81. The molecule has 0 saturated carbocycles. The van der Waals surface area contributed by atoms with Crippen LogP contribution in [0, 0.1) is 0 Å². The Morgan fingerprint density at radius 1 is 1.10 bits per heavy atom. The molecule has 3 aromatic rings. The molecule has 0 radical (unpaired) electrons. The quantitative estimate of drug-likeness (QED) is 0.694. The summed E-state index contributed by atoms with van der Waals surface area (Å²) in [5.41, 5.74) is 2.66. The van der Waals surface area contributed by atoms with Crippen LogP contribution in [0.5, 0.6) is 11.5 Å². The number of para-hydroxylation sites is 2. The molecule has 1 atom stereocenters. The smallest absolute Gasteiger partial charge is 0.255 e. The Kier molecular flexibility index (Phi) is 4.90. The minimum Gasteiger partial charge on any atom is -0.493 e. The lowest BCUT2D eigenvalue weighted by Gasteiger charge is -2.30. The fraction of sp³-hybridized carbons (Fsp3) is 0.190. The van der Waals surface area contributed by atoms with Crippen LogP contribution in [0.1, 0.15) is 18.5 Å². The maximum atomic E-state index is 13.3. The zero-order chi connectivity index (χ0) is 20.4. The molecule has 0 aliphatic carbocycles. The molecule has 148 valence electrons. The minimum absolute atomic E-state index is 0.239. The molecule has 1 aromatic heterocycles. The fourth-order valence-corrected chi connectivity index (χ4v) is 3.52. The molecular weight excluding hydrogens is 370 g/mol. The summed E-state index contributed by atoms with van der Waals surface area (Å²) in [5.74, 6) is 1.43. The van der Waals surface area contributed by atoms with Crippen LogP contribution in [0.2, 0.25) is 0 Å². The van der Waals surface area contributed by atoms with Crippen molar-refractivity contribution in [2.24, 2.45) is 0 Å². The van der Waals surface area contributed by atoms with Gasteiger partial charge in [-0.1, -0.05) is 30.3 Å². The van der Waals surface area contributed by atoms with Gasteiger partial charge in [0.15, 0.2) is 11.5 Å². The van der Waals surface area contributed by atoms with E-state index in [0.29, 0.717) is 34.4 Å². The number of carbonyl (C=O) groups excluding carboxylic acids is 1. The Bertz CT molecular complexity index is 1070. The summed E-state index contributed by atoms with van der Waals surface area (Å²) < 4.78 is 12.8. The molecule has 4 rings (SSSR count). The third-order valence-electron chi connectivity index (χ3n) is 4.80. The molecule has 1 amide bonds. The van der Waals surface area contributed by atoms with E-state index in [1.54, 1.807) is 18.9 Å². The summed E-state index contributed by atoms with van der Waals surface area (Å²) in [6.07, 6.45) is 1.45. The summed E-state index contributed by atoms with van der Waals surface area (Å²) >= 11 is 0. The largest absolute Gasteiger partial charge is 0.493 e. The molecule has 8 nitrogen and oxygen atoms in total. The van der Waals surface area contributed by atoms with E-state index in [9.17, 15) is 4.79 Å². The topological polar surface area (TPSA) is 90.3 Å². The van der Waals surface area contributed by atoms with Gasteiger partial charge in [0.1, 0.15) is 12.4 Å². The average molecular weight is 391 g/mol. The number of benzene rings is 2. The van der Waals surface area contributed by atoms with Gasteiger partial charge >= 0.3 is 0 Å². The number of anilines is 2. The molecule has 0 bridgehead atoms. The molecule has 2 aromatic carbocycles. The lowest BCUT2D eigenvalue weighted by atomic mass is 9.94. The normalized spacial score (nSPS) is 15.3. The van der Waals surface area contributed by atoms with Crippen LogP contribution in [0.4, 0.5) is 11.6 Å². The van der Waals surface area contributed by atoms with Crippen molar-refractivity contribution in [1.29, 1.82) is 0 Å². The van der Waals surface area contributed by atoms with Gasteiger partial charge in [-0.3, -0.25) is 4.79 Å². The summed E-state index contributed by atoms with van der Waals surface area (Å²) in [6.45, 7) is 1.84. The zero-order valence-electron chi connectivity index (χ0n) is 16.3. The van der Waals surface area contributed by atoms with E-state index < -0.39 is 6.04 Å². The molecule has 2 N–H and O–H groups in total. The van der Waals surface area contributed by atoms with Crippen molar-refractivity contribution in [2.45, 2.75) is 13.0 Å². The first-order chi connectivity index (χ1) is 14.1. The maximum absolute atomic E-state index is 13.3. The number of nitrogens with zero attached hydrogens (tertiary/aromatic N) is 3. The zero-order valence-corrected chi connectivity index (χ0v) is 16.3. The molecule has 8 heteroatoms. The van der Waals surface area contributed by atoms with Crippen LogP contribution >= 0.6 is 0 Å². The predicted molar refractivity (Wildman–Crippen MR) is 109 cm³/mol. The van der Waals surface area contributed by atoms with Crippen LogP contribution in [-0.2, 0) is 4.79 Å². The van der Waals surface area contributed by atoms with E-state index in [2.05, 4.69) is 20.7 Å². The highest BCUT2D eigenvalue weighted by Gasteiger charge is 2.35. The van der Waals surface area contributed by atoms with Gasteiger partial charge in [-0.25, -0.2) is 4.68 Å². The number of nitrogens with one attached hydrogen (secondary N) is 2. The van der Waals surface area contributed by atoms with Gasteiger partial charge in [-0.2, -0.15) is 10.1 Å². The van der Waals surface area contributed by atoms with E-state index in [0.717, 1.165) is 5.56 Å². The number of hydrogen-bond acceptors (Lipinski definition) is 6. The van der Waals surface area contributed by atoms with Gasteiger partial charge in [0.25, 0.3) is 5.91 Å². The summed E-state index contributed by atoms with van der Waals surface area (Å²) in [7, 11) is 3.15. The van der Waals surface area contributed by atoms with E-state index in [-0.39, 0.29) is 5.91 Å². The summed E-state index contributed by atoms with van der Waals surface area (Å²) in [4.78, 5) is 17.6. The first-order valence-corrected chi connectivity index (χ1v) is 9.08. The Balaban J connectivity index is 1.84. The van der Waals surface area contributed by atoms with E-state index in [1.807, 2.05) is 55.5 Å². The molecule has 0 saturated heterocycles. The van der Waals surface area contributed by atoms with Crippen molar-refractivity contribution in [1.82, 2.24) is 14.8 Å². The molecule has 1 unspecified atom stereocenters. The Morgan fingerprint density at radius 3 is 2.62 bits per heavy atom. The SMILES string of the molecule is COc1cccc(C2C(C(=O)Nc3ccccc3)=C(C)Nc3ncnn32)c1OC. The van der Waals surface area contributed by atoms with Crippen molar-refractivity contribution in [3.63, 3.8) is 0 Å². The predicted octanol–water partition coefficient (Wildman–Crippen LogP) is 3.22. The first-order valence-electron chi connectivity index (χ1n) is 9.08. The fourth-order valence-electron chi connectivity index (χ4n) is 3.52. The monoisotopic (exact) mass is 391 g/mol.